The number of rotatable bonds is 5. The predicted octanol–water partition coefficient (Wildman–Crippen LogP) is 8.04. The van der Waals surface area contributed by atoms with Crippen LogP contribution < -0.4 is 0 Å². The van der Waals surface area contributed by atoms with E-state index in [2.05, 4.69) is 108 Å². The summed E-state index contributed by atoms with van der Waals surface area (Å²) in [6.45, 7) is 14.6. The summed E-state index contributed by atoms with van der Waals surface area (Å²) in [5.41, 5.74) is 10.8. The van der Waals surface area contributed by atoms with Crippen molar-refractivity contribution in [3.8, 4) is 11.1 Å². The minimum absolute atomic E-state index is 1.09. The third-order valence-corrected chi connectivity index (χ3v) is 4.97. The van der Waals surface area contributed by atoms with E-state index in [9.17, 15) is 0 Å². The topological polar surface area (TPSA) is 0 Å². The van der Waals surface area contributed by atoms with Gasteiger partial charge >= 0.3 is 0 Å². The second kappa shape index (κ2) is 10.7. The van der Waals surface area contributed by atoms with Gasteiger partial charge in [0, 0.05) is 0 Å². The molecule has 3 aromatic rings. The van der Waals surface area contributed by atoms with Crippen LogP contribution in [-0.4, -0.2) is 0 Å². The number of allylic oxidation sites excluding steroid dienone is 1. The Morgan fingerprint density at radius 1 is 0.750 bits per heavy atom. The van der Waals surface area contributed by atoms with Crippen LogP contribution in [0.25, 0.3) is 11.1 Å². The molecule has 28 heavy (non-hydrogen) atoms. The summed E-state index contributed by atoms with van der Waals surface area (Å²) >= 11 is 0. The smallest absolute Gasteiger partial charge is 0.0152 e. The first kappa shape index (κ1) is 21.7. The third kappa shape index (κ3) is 6.85. The van der Waals surface area contributed by atoms with Crippen molar-refractivity contribution < 1.29 is 0 Å². The minimum Gasteiger partial charge on any atom is -0.100 e. The lowest BCUT2D eigenvalue weighted by atomic mass is 9.96. The Bertz CT molecular complexity index is 880. The van der Waals surface area contributed by atoms with Gasteiger partial charge in [-0.3, -0.25) is 0 Å². The Kier molecular flexibility index (Phi) is 8.26. The summed E-state index contributed by atoms with van der Waals surface area (Å²) in [7, 11) is 0. The molecule has 146 valence electrons. The quantitative estimate of drug-likeness (QED) is 0.399. The molecule has 0 atom stereocenters. The maximum Gasteiger partial charge on any atom is -0.0152 e. The Morgan fingerprint density at radius 3 is 1.82 bits per heavy atom. The molecule has 0 nitrogen and oxygen atoms in total. The van der Waals surface area contributed by atoms with Crippen LogP contribution in [0.3, 0.4) is 0 Å². The van der Waals surface area contributed by atoms with E-state index < -0.39 is 0 Å². The van der Waals surface area contributed by atoms with E-state index in [4.69, 9.17) is 0 Å². The summed E-state index contributed by atoms with van der Waals surface area (Å²) in [5.74, 6) is 0. The Balaban J connectivity index is 0.000000209. The van der Waals surface area contributed by atoms with Gasteiger partial charge in [0.2, 0.25) is 0 Å². The van der Waals surface area contributed by atoms with E-state index in [1.807, 2.05) is 0 Å². The molecule has 3 rings (SSSR count). The van der Waals surface area contributed by atoms with Crippen LogP contribution in [0, 0.1) is 20.8 Å². The monoisotopic (exact) mass is 370 g/mol. The highest BCUT2D eigenvalue weighted by atomic mass is 14.1. The summed E-state index contributed by atoms with van der Waals surface area (Å²) < 4.78 is 0. The number of aryl methyl sites for hydroxylation is 5. The average Bonchev–Trinajstić information content (AvgIpc) is 2.68. The van der Waals surface area contributed by atoms with Crippen molar-refractivity contribution in [3.05, 3.63) is 107 Å². The van der Waals surface area contributed by atoms with Crippen molar-refractivity contribution >= 4 is 0 Å². The van der Waals surface area contributed by atoms with Gasteiger partial charge < -0.3 is 0 Å². The first-order valence-corrected chi connectivity index (χ1v) is 10.3. The van der Waals surface area contributed by atoms with Crippen molar-refractivity contribution in [2.24, 2.45) is 0 Å². The van der Waals surface area contributed by atoms with Crippen LogP contribution in [0.1, 0.15) is 48.1 Å². The first-order valence-electron chi connectivity index (χ1n) is 10.3. The highest BCUT2D eigenvalue weighted by molar-refractivity contribution is 5.68. The fourth-order valence-corrected chi connectivity index (χ4v) is 3.14. The van der Waals surface area contributed by atoms with E-state index in [0.717, 1.165) is 19.3 Å². The molecule has 0 heterocycles. The zero-order valence-corrected chi connectivity index (χ0v) is 18.2. The number of hydrogen-bond donors (Lipinski definition) is 0. The van der Waals surface area contributed by atoms with Crippen LogP contribution in [0.4, 0.5) is 0 Å². The fraction of sp³-hybridized carbons (Fsp3) is 0.286. The lowest BCUT2D eigenvalue weighted by molar-refractivity contribution is 0.945. The van der Waals surface area contributed by atoms with Crippen LogP contribution in [-0.2, 0) is 12.8 Å². The first-order chi connectivity index (χ1) is 13.4. The van der Waals surface area contributed by atoms with Crippen LogP contribution in [0.5, 0.6) is 0 Å². The second-order valence-electron chi connectivity index (χ2n) is 7.82. The van der Waals surface area contributed by atoms with Crippen molar-refractivity contribution in [3.63, 3.8) is 0 Å². The second-order valence-corrected chi connectivity index (χ2v) is 7.82. The molecule has 0 radical (unpaired) electrons. The van der Waals surface area contributed by atoms with Crippen molar-refractivity contribution in [1.82, 2.24) is 0 Å². The van der Waals surface area contributed by atoms with Gasteiger partial charge in [0.15, 0.2) is 0 Å². The highest BCUT2D eigenvalue weighted by Crippen LogP contribution is 2.25. The van der Waals surface area contributed by atoms with Crippen LogP contribution >= 0.6 is 0 Å². The van der Waals surface area contributed by atoms with Gasteiger partial charge in [0.1, 0.15) is 0 Å². The fourth-order valence-electron chi connectivity index (χ4n) is 3.14. The largest absolute Gasteiger partial charge is 0.100 e. The van der Waals surface area contributed by atoms with Gasteiger partial charge in [0.05, 0.1) is 0 Å². The highest BCUT2D eigenvalue weighted by Gasteiger charge is 2.03. The third-order valence-electron chi connectivity index (χ3n) is 4.97. The summed E-state index contributed by atoms with van der Waals surface area (Å²) in [6.07, 6.45) is 3.31. The Hall–Kier alpha value is -2.60. The molecule has 0 bridgehead atoms. The number of hydrogen-bond acceptors (Lipinski definition) is 0. The van der Waals surface area contributed by atoms with Gasteiger partial charge in [0.25, 0.3) is 0 Å². The Labute approximate surface area is 172 Å². The zero-order valence-electron chi connectivity index (χ0n) is 18.2. The molecule has 0 spiro atoms. The molecule has 0 aromatic heterocycles. The van der Waals surface area contributed by atoms with Gasteiger partial charge in [-0.05, 0) is 69.2 Å². The van der Waals surface area contributed by atoms with Crippen LogP contribution in [0.15, 0.2) is 78.9 Å². The molecule has 0 amide bonds. The molecule has 0 saturated heterocycles. The lowest BCUT2D eigenvalue weighted by Crippen LogP contribution is -1.89. The summed E-state index contributed by atoms with van der Waals surface area (Å²) in [4.78, 5) is 0. The maximum atomic E-state index is 3.89. The number of benzene rings is 3. The molecule has 0 saturated carbocycles. The van der Waals surface area contributed by atoms with Crippen molar-refractivity contribution in [1.29, 1.82) is 0 Å². The molecule has 0 fully saturated rings. The lowest BCUT2D eigenvalue weighted by Gasteiger charge is -2.09. The maximum absolute atomic E-state index is 3.89. The Morgan fingerprint density at radius 2 is 1.29 bits per heavy atom. The van der Waals surface area contributed by atoms with E-state index in [-0.39, 0.29) is 0 Å². The zero-order chi connectivity index (χ0) is 20.5. The van der Waals surface area contributed by atoms with Gasteiger partial charge in [-0.25, -0.2) is 0 Å². The van der Waals surface area contributed by atoms with Crippen molar-refractivity contribution in [2.75, 3.05) is 0 Å². The molecule has 0 aliphatic heterocycles. The van der Waals surface area contributed by atoms with Gasteiger partial charge in [-0.15, -0.1) is 6.58 Å². The molecule has 0 heteroatoms. The molecular formula is C28H34. The van der Waals surface area contributed by atoms with Crippen LogP contribution in [0.2, 0.25) is 0 Å². The molecule has 0 aliphatic rings. The van der Waals surface area contributed by atoms with Gasteiger partial charge in [-0.2, -0.15) is 0 Å². The normalized spacial score (nSPS) is 10.2. The summed E-state index contributed by atoms with van der Waals surface area (Å²) in [5, 5.41) is 0. The van der Waals surface area contributed by atoms with E-state index >= 15 is 0 Å². The molecule has 0 N–H and O–H groups in total. The average molecular weight is 371 g/mol. The minimum atomic E-state index is 1.09. The summed E-state index contributed by atoms with van der Waals surface area (Å²) in [6, 6.07) is 24.2. The van der Waals surface area contributed by atoms with E-state index in [1.54, 1.807) is 0 Å². The molecule has 3 aromatic carbocycles. The molecule has 0 unspecified atom stereocenters. The van der Waals surface area contributed by atoms with E-state index in [1.165, 1.54) is 44.5 Å². The predicted molar refractivity (Wildman–Crippen MR) is 125 cm³/mol. The van der Waals surface area contributed by atoms with E-state index in [0.29, 0.717) is 0 Å². The standard InChI is InChI=1S/C16H18.C12H16/c1-4-14-11-13(3)7-10-16(14)15-8-5-12(2)6-9-15;1-10(2)4-7-12-8-5-11(3)6-9-12/h5-11H,4H2,1-3H3;5-6,8-9H,1,4,7H2,2-3H3. The molecule has 0 aliphatic carbocycles. The molecular weight excluding hydrogens is 336 g/mol. The van der Waals surface area contributed by atoms with Crippen molar-refractivity contribution in [2.45, 2.75) is 53.9 Å². The SMILES string of the molecule is C=C(C)CCc1ccc(C)cc1.CCc1cc(C)ccc1-c1ccc(C)cc1. The van der Waals surface area contributed by atoms with Gasteiger partial charge in [-0.1, -0.05) is 95.9 Å².